The first kappa shape index (κ1) is 20.0. The van der Waals surface area contributed by atoms with Crippen LogP contribution >= 0.6 is 0 Å². The molecule has 1 spiro atoms. The van der Waals surface area contributed by atoms with Gasteiger partial charge >= 0.3 is 0 Å². The van der Waals surface area contributed by atoms with Crippen molar-refractivity contribution in [2.45, 2.75) is 38.6 Å². The van der Waals surface area contributed by atoms with E-state index < -0.39 is 0 Å². The van der Waals surface area contributed by atoms with Gasteiger partial charge in [0.2, 0.25) is 5.91 Å². The van der Waals surface area contributed by atoms with Crippen molar-refractivity contribution in [3.63, 3.8) is 0 Å². The molecule has 1 aliphatic heterocycles. The summed E-state index contributed by atoms with van der Waals surface area (Å²) < 4.78 is 5.48. The molecule has 0 radical (unpaired) electrons. The summed E-state index contributed by atoms with van der Waals surface area (Å²) in [7, 11) is 1.73. The molecule has 2 fully saturated rings. The number of carbonyl (C=O) groups is 1. The van der Waals surface area contributed by atoms with Gasteiger partial charge in [0.15, 0.2) is 0 Å². The Hall–Kier alpha value is -2.33. The van der Waals surface area contributed by atoms with Crippen molar-refractivity contribution in [1.29, 1.82) is 0 Å². The zero-order chi connectivity index (χ0) is 20.1. The van der Waals surface area contributed by atoms with Gasteiger partial charge < -0.3 is 10.1 Å². The molecule has 1 amide bonds. The topological polar surface area (TPSA) is 41.6 Å². The van der Waals surface area contributed by atoms with Crippen molar-refractivity contribution in [2.75, 3.05) is 26.7 Å². The maximum Gasteiger partial charge on any atom is 0.223 e. The highest BCUT2D eigenvalue weighted by molar-refractivity contribution is 5.82. The van der Waals surface area contributed by atoms with Gasteiger partial charge in [-0.25, -0.2) is 0 Å². The van der Waals surface area contributed by atoms with E-state index in [2.05, 4.69) is 46.6 Å². The van der Waals surface area contributed by atoms with Gasteiger partial charge in [0.05, 0.1) is 7.11 Å². The number of carbonyl (C=O) groups excluding carboxylic acids is 1. The first-order valence-corrected chi connectivity index (χ1v) is 10.9. The lowest BCUT2D eigenvalue weighted by Crippen LogP contribution is -2.37. The summed E-state index contributed by atoms with van der Waals surface area (Å²) >= 11 is 0. The number of likely N-dealkylation sites (tertiary alicyclic amines) is 1. The van der Waals surface area contributed by atoms with Crippen LogP contribution in [0.1, 0.15) is 36.8 Å². The van der Waals surface area contributed by atoms with Crippen LogP contribution in [-0.4, -0.2) is 37.6 Å². The van der Waals surface area contributed by atoms with Crippen molar-refractivity contribution in [3.8, 4) is 5.75 Å². The minimum absolute atomic E-state index is 0.229. The highest BCUT2D eigenvalue weighted by Crippen LogP contribution is 2.59. The molecule has 1 N–H and O–H groups in total. The monoisotopic (exact) mass is 392 g/mol. The van der Waals surface area contributed by atoms with Crippen LogP contribution in [0.2, 0.25) is 0 Å². The van der Waals surface area contributed by atoms with Crippen LogP contribution in [0.3, 0.4) is 0 Å². The molecule has 1 aliphatic carbocycles. The molecule has 4 rings (SSSR count). The van der Waals surface area contributed by atoms with Gasteiger partial charge in [-0.1, -0.05) is 48.5 Å². The smallest absolute Gasteiger partial charge is 0.223 e. The lowest BCUT2D eigenvalue weighted by molar-refractivity contribution is -0.123. The molecule has 4 heteroatoms. The largest absolute Gasteiger partial charge is 0.496 e. The van der Waals surface area contributed by atoms with Crippen molar-refractivity contribution < 1.29 is 9.53 Å². The normalized spacial score (nSPS) is 20.4. The van der Waals surface area contributed by atoms with Gasteiger partial charge in [-0.05, 0) is 62.2 Å². The molecule has 154 valence electrons. The zero-order valence-electron chi connectivity index (χ0n) is 17.4. The summed E-state index contributed by atoms with van der Waals surface area (Å²) in [5.41, 5.74) is 2.85. The SMILES string of the molecule is COc1ccccc1CN1CCC2(CC1)C[C@H]2C(=O)NCCCc1ccccc1. The highest BCUT2D eigenvalue weighted by atomic mass is 16.5. The highest BCUT2D eigenvalue weighted by Gasteiger charge is 2.58. The van der Waals surface area contributed by atoms with E-state index in [0.29, 0.717) is 0 Å². The molecule has 0 bridgehead atoms. The Bertz CT molecular complexity index is 813. The summed E-state index contributed by atoms with van der Waals surface area (Å²) in [6, 6.07) is 18.7. The third-order valence-electron chi connectivity index (χ3n) is 6.73. The second-order valence-electron chi connectivity index (χ2n) is 8.59. The van der Waals surface area contributed by atoms with E-state index in [9.17, 15) is 4.79 Å². The van der Waals surface area contributed by atoms with Gasteiger partial charge in [0.25, 0.3) is 0 Å². The third-order valence-corrected chi connectivity index (χ3v) is 6.73. The molecule has 1 saturated carbocycles. The first-order valence-electron chi connectivity index (χ1n) is 10.9. The summed E-state index contributed by atoms with van der Waals surface area (Å²) in [5.74, 6) is 1.47. The molecule has 2 aromatic carbocycles. The Morgan fingerprint density at radius 1 is 1.10 bits per heavy atom. The first-order chi connectivity index (χ1) is 14.2. The van der Waals surface area contributed by atoms with Gasteiger partial charge in [-0.3, -0.25) is 9.69 Å². The number of ether oxygens (including phenoxy) is 1. The fraction of sp³-hybridized carbons (Fsp3) is 0.480. The zero-order valence-corrected chi connectivity index (χ0v) is 17.4. The number of amides is 1. The molecular weight excluding hydrogens is 360 g/mol. The van der Waals surface area contributed by atoms with Crippen molar-refractivity contribution in [3.05, 3.63) is 65.7 Å². The number of nitrogens with zero attached hydrogens (tertiary/aromatic N) is 1. The van der Waals surface area contributed by atoms with Gasteiger partial charge in [0.1, 0.15) is 5.75 Å². The number of hydrogen-bond acceptors (Lipinski definition) is 3. The molecule has 29 heavy (non-hydrogen) atoms. The van der Waals surface area contributed by atoms with E-state index in [1.165, 1.54) is 11.1 Å². The van der Waals surface area contributed by atoms with Crippen LogP contribution in [0.4, 0.5) is 0 Å². The summed E-state index contributed by atoms with van der Waals surface area (Å²) in [6.45, 7) is 3.84. The molecule has 0 aromatic heterocycles. The van der Waals surface area contributed by atoms with Crippen LogP contribution in [0.5, 0.6) is 5.75 Å². The number of benzene rings is 2. The summed E-state index contributed by atoms with van der Waals surface area (Å²) in [5, 5.41) is 3.18. The van der Waals surface area contributed by atoms with Crippen LogP contribution in [0.15, 0.2) is 54.6 Å². The number of para-hydroxylation sites is 1. The predicted molar refractivity (Wildman–Crippen MR) is 116 cm³/mol. The number of rotatable bonds is 8. The van der Waals surface area contributed by atoms with Crippen LogP contribution in [0, 0.1) is 11.3 Å². The van der Waals surface area contributed by atoms with E-state index in [-0.39, 0.29) is 17.2 Å². The quantitative estimate of drug-likeness (QED) is 0.689. The van der Waals surface area contributed by atoms with E-state index in [1.54, 1.807) is 7.11 Å². The molecule has 4 nitrogen and oxygen atoms in total. The maximum atomic E-state index is 12.6. The summed E-state index contributed by atoms with van der Waals surface area (Å²) in [6.07, 6.45) is 5.35. The Morgan fingerprint density at radius 2 is 1.83 bits per heavy atom. The molecule has 0 unspecified atom stereocenters. The number of hydrogen-bond donors (Lipinski definition) is 1. The number of nitrogens with one attached hydrogen (secondary N) is 1. The fourth-order valence-corrected chi connectivity index (χ4v) is 4.77. The van der Waals surface area contributed by atoms with E-state index in [4.69, 9.17) is 4.74 Å². The van der Waals surface area contributed by atoms with Gasteiger partial charge in [-0.15, -0.1) is 0 Å². The summed E-state index contributed by atoms with van der Waals surface area (Å²) in [4.78, 5) is 15.1. The molecule has 2 aliphatic rings. The Balaban J connectivity index is 1.18. The average molecular weight is 393 g/mol. The predicted octanol–water partition coefficient (Wildman–Crippen LogP) is 4.05. The molecule has 2 aromatic rings. The van der Waals surface area contributed by atoms with Crippen LogP contribution in [-0.2, 0) is 17.8 Å². The minimum atomic E-state index is 0.229. The number of methoxy groups -OCH3 is 1. The third kappa shape index (κ3) is 4.81. The lowest BCUT2D eigenvalue weighted by Gasteiger charge is -2.33. The number of piperidine rings is 1. The Morgan fingerprint density at radius 3 is 2.59 bits per heavy atom. The van der Waals surface area contributed by atoms with E-state index >= 15 is 0 Å². The second-order valence-corrected chi connectivity index (χ2v) is 8.59. The van der Waals surface area contributed by atoms with Crippen LogP contribution < -0.4 is 10.1 Å². The van der Waals surface area contributed by atoms with Crippen molar-refractivity contribution in [2.24, 2.45) is 11.3 Å². The standard InChI is InChI=1S/C25H32N2O2/c1-29-23-12-6-5-11-21(23)19-27-16-13-25(14-17-27)18-22(25)24(28)26-15-7-10-20-8-3-2-4-9-20/h2-6,8-9,11-12,22H,7,10,13-19H2,1H3,(H,26,28)/t22-/m0/s1. The van der Waals surface area contributed by atoms with Crippen molar-refractivity contribution in [1.82, 2.24) is 10.2 Å². The molecule has 1 atom stereocenters. The van der Waals surface area contributed by atoms with Crippen LogP contribution in [0.25, 0.3) is 0 Å². The second kappa shape index (κ2) is 9.00. The van der Waals surface area contributed by atoms with E-state index in [0.717, 1.165) is 64.0 Å². The lowest BCUT2D eigenvalue weighted by atomic mass is 9.90. The van der Waals surface area contributed by atoms with Crippen molar-refractivity contribution >= 4 is 5.91 Å². The molecular formula is C25H32N2O2. The van der Waals surface area contributed by atoms with Gasteiger partial charge in [-0.2, -0.15) is 0 Å². The Labute approximate surface area is 174 Å². The maximum absolute atomic E-state index is 12.6. The van der Waals surface area contributed by atoms with E-state index in [1.807, 2.05) is 18.2 Å². The van der Waals surface area contributed by atoms with Gasteiger partial charge in [0, 0.05) is 24.6 Å². The fourth-order valence-electron chi connectivity index (χ4n) is 4.77. The number of aryl methyl sites for hydroxylation is 1. The minimum Gasteiger partial charge on any atom is -0.496 e. The molecule has 1 saturated heterocycles. The molecule has 1 heterocycles. The Kier molecular flexibility index (Phi) is 6.19. The average Bonchev–Trinajstić information content (AvgIpc) is 3.47.